The molecule has 0 fully saturated rings. The van der Waals surface area contributed by atoms with E-state index in [-0.39, 0.29) is 0 Å². The summed E-state index contributed by atoms with van der Waals surface area (Å²) < 4.78 is 0. The van der Waals surface area contributed by atoms with Crippen LogP contribution in [0.3, 0.4) is 0 Å². The lowest BCUT2D eigenvalue weighted by Gasteiger charge is -2.13. The van der Waals surface area contributed by atoms with Gasteiger partial charge < -0.3 is 4.90 Å². The molecule has 0 spiro atoms. The second-order valence-electron chi connectivity index (χ2n) is 4.97. The van der Waals surface area contributed by atoms with Gasteiger partial charge in [0, 0.05) is 19.8 Å². The Morgan fingerprint density at radius 2 is 1.37 bits per heavy atom. The lowest BCUT2D eigenvalue weighted by molar-refractivity contribution is 1.13. The van der Waals surface area contributed by atoms with Crippen LogP contribution in [0.5, 0.6) is 0 Å². The molecule has 0 bridgehead atoms. The average molecular weight is 247 g/mol. The van der Waals surface area contributed by atoms with E-state index in [4.69, 9.17) is 0 Å². The van der Waals surface area contributed by atoms with Gasteiger partial charge in [0.2, 0.25) is 0 Å². The Kier molecular flexibility index (Phi) is 2.96. The number of benzene rings is 3. The molecule has 0 aliphatic rings. The molecule has 0 atom stereocenters. The van der Waals surface area contributed by atoms with E-state index in [2.05, 4.69) is 85.7 Å². The van der Waals surface area contributed by atoms with Crippen LogP contribution in [0.25, 0.3) is 21.9 Å². The van der Waals surface area contributed by atoms with E-state index >= 15 is 0 Å². The van der Waals surface area contributed by atoms with Crippen LogP contribution in [0.4, 0.5) is 5.69 Å². The maximum Gasteiger partial charge on any atom is 0.0361 e. The van der Waals surface area contributed by atoms with Gasteiger partial charge in [-0.05, 0) is 34.0 Å². The molecular formula is C18H17N. The Bertz CT molecular complexity index is 691. The summed E-state index contributed by atoms with van der Waals surface area (Å²) in [7, 11) is 4.12. The third-order valence-corrected chi connectivity index (χ3v) is 3.48. The standard InChI is InChI=1S/C18H17N/c1-19(2)16-12-10-15(11-13-16)18-9-5-7-14-6-3-4-8-17(14)18/h3-13H,1-2H3. The zero-order valence-electron chi connectivity index (χ0n) is 11.3. The van der Waals surface area contributed by atoms with E-state index in [1.165, 1.54) is 27.6 Å². The van der Waals surface area contributed by atoms with Crippen molar-refractivity contribution >= 4 is 16.5 Å². The van der Waals surface area contributed by atoms with Crippen molar-refractivity contribution in [1.82, 2.24) is 0 Å². The SMILES string of the molecule is CN(C)c1ccc(-c2cccc3ccccc23)cc1. The van der Waals surface area contributed by atoms with E-state index in [1.807, 2.05) is 0 Å². The lowest BCUT2D eigenvalue weighted by Crippen LogP contribution is -2.07. The molecule has 0 aliphatic carbocycles. The molecule has 0 aromatic heterocycles. The number of hydrogen-bond donors (Lipinski definition) is 0. The molecule has 94 valence electrons. The number of anilines is 1. The zero-order chi connectivity index (χ0) is 13.2. The fourth-order valence-corrected chi connectivity index (χ4v) is 2.42. The van der Waals surface area contributed by atoms with E-state index in [0.717, 1.165) is 0 Å². The van der Waals surface area contributed by atoms with Crippen LogP contribution in [-0.4, -0.2) is 14.1 Å². The lowest BCUT2D eigenvalue weighted by atomic mass is 9.98. The second kappa shape index (κ2) is 4.77. The molecule has 0 N–H and O–H groups in total. The molecule has 3 aromatic carbocycles. The summed E-state index contributed by atoms with van der Waals surface area (Å²) in [4.78, 5) is 2.12. The van der Waals surface area contributed by atoms with Gasteiger partial charge in [0.1, 0.15) is 0 Å². The molecule has 19 heavy (non-hydrogen) atoms. The topological polar surface area (TPSA) is 3.24 Å². The van der Waals surface area contributed by atoms with Gasteiger partial charge >= 0.3 is 0 Å². The van der Waals surface area contributed by atoms with Crippen LogP contribution in [0.1, 0.15) is 0 Å². The Labute approximate surface area is 114 Å². The molecular weight excluding hydrogens is 230 g/mol. The van der Waals surface area contributed by atoms with Crippen molar-refractivity contribution in [3.63, 3.8) is 0 Å². The smallest absolute Gasteiger partial charge is 0.0361 e. The normalized spacial score (nSPS) is 10.6. The van der Waals surface area contributed by atoms with Gasteiger partial charge in [-0.1, -0.05) is 54.6 Å². The van der Waals surface area contributed by atoms with Crippen molar-refractivity contribution in [3.05, 3.63) is 66.7 Å². The second-order valence-corrected chi connectivity index (χ2v) is 4.97. The Balaban J connectivity index is 2.14. The molecule has 0 unspecified atom stereocenters. The van der Waals surface area contributed by atoms with Gasteiger partial charge in [0.05, 0.1) is 0 Å². The minimum Gasteiger partial charge on any atom is -0.378 e. The Morgan fingerprint density at radius 3 is 2.11 bits per heavy atom. The average Bonchev–Trinajstić information content (AvgIpc) is 2.47. The molecule has 0 aliphatic heterocycles. The van der Waals surface area contributed by atoms with Gasteiger partial charge in [0.15, 0.2) is 0 Å². The third kappa shape index (κ3) is 2.19. The van der Waals surface area contributed by atoms with Gasteiger partial charge in [-0.2, -0.15) is 0 Å². The predicted octanol–water partition coefficient (Wildman–Crippen LogP) is 4.57. The van der Waals surface area contributed by atoms with Gasteiger partial charge in [0.25, 0.3) is 0 Å². The minimum atomic E-state index is 1.23. The van der Waals surface area contributed by atoms with Crippen LogP contribution < -0.4 is 4.90 Å². The molecule has 0 saturated heterocycles. The Hall–Kier alpha value is -2.28. The first kappa shape index (κ1) is 11.8. The van der Waals surface area contributed by atoms with Gasteiger partial charge in [-0.3, -0.25) is 0 Å². The highest BCUT2D eigenvalue weighted by Gasteiger charge is 2.03. The van der Waals surface area contributed by atoms with Crippen LogP contribution in [0, 0.1) is 0 Å². The molecule has 1 heteroatoms. The quantitative estimate of drug-likeness (QED) is 0.641. The highest BCUT2D eigenvalue weighted by molar-refractivity contribution is 5.96. The summed E-state index contributed by atoms with van der Waals surface area (Å²) in [6.45, 7) is 0. The molecule has 0 amide bonds. The highest BCUT2D eigenvalue weighted by Crippen LogP contribution is 2.29. The molecule has 1 nitrogen and oxygen atoms in total. The summed E-state index contributed by atoms with van der Waals surface area (Å²) in [5.41, 5.74) is 3.79. The van der Waals surface area contributed by atoms with Gasteiger partial charge in [-0.25, -0.2) is 0 Å². The maximum atomic E-state index is 2.19. The minimum absolute atomic E-state index is 1.23. The summed E-state index contributed by atoms with van der Waals surface area (Å²) in [6, 6.07) is 23.7. The summed E-state index contributed by atoms with van der Waals surface area (Å²) in [5, 5.41) is 2.60. The summed E-state index contributed by atoms with van der Waals surface area (Å²) >= 11 is 0. The molecule has 0 heterocycles. The fourth-order valence-electron chi connectivity index (χ4n) is 2.42. The molecule has 0 saturated carbocycles. The number of nitrogens with zero attached hydrogens (tertiary/aromatic N) is 1. The van der Waals surface area contributed by atoms with E-state index in [0.29, 0.717) is 0 Å². The molecule has 3 rings (SSSR count). The highest BCUT2D eigenvalue weighted by atomic mass is 15.1. The van der Waals surface area contributed by atoms with Crippen LogP contribution in [0.15, 0.2) is 66.7 Å². The summed E-state index contributed by atoms with van der Waals surface area (Å²) in [5.74, 6) is 0. The fraction of sp³-hybridized carbons (Fsp3) is 0.111. The monoisotopic (exact) mass is 247 g/mol. The van der Waals surface area contributed by atoms with E-state index in [9.17, 15) is 0 Å². The predicted molar refractivity (Wildman–Crippen MR) is 83.7 cm³/mol. The van der Waals surface area contributed by atoms with E-state index in [1.54, 1.807) is 0 Å². The largest absolute Gasteiger partial charge is 0.378 e. The molecule has 3 aromatic rings. The van der Waals surface area contributed by atoms with Crippen LogP contribution in [-0.2, 0) is 0 Å². The van der Waals surface area contributed by atoms with E-state index < -0.39 is 0 Å². The first-order chi connectivity index (χ1) is 9.25. The van der Waals surface area contributed by atoms with Crippen LogP contribution in [0.2, 0.25) is 0 Å². The summed E-state index contributed by atoms with van der Waals surface area (Å²) in [6.07, 6.45) is 0. The van der Waals surface area contributed by atoms with Gasteiger partial charge in [-0.15, -0.1) is 0 Å². The van der Waals surface area contributed by atoms with Crippen molar-refractivity contribution < 1.29 is 0 Å². The van der Waals surface area contributed by atoms with Crippen molar-refractivity contribution in [2.24, 2.45) is 0 Å². The molecule has 0 radical (unpaired) electrons. The number of hydrogen-bond acceptors (Lipinski definition) is 1. The van der Waals surface area contributed by atoms with Crippen LogP contribution >= 0.6 is 0 Å². The maximum absolute atomic E-state index is 2.19. The first-order valence-electron chi connectivity index (χ1n) is 6.51. The Morgan fingerprint density at radius 1 is 0.684 bits per heavy atom. The van der Waals surface area contributed by atoms with Crippen molar-refractivity contribution in [1.29, 1.82) is 0 Å². The number of fused-ring (bicyclic) bond motifs is 1. The van der Waals surface area contributed by atoms with Crippen molar-refractivity contribution in [2.45, 2.75) is 0 Å². The third-order valence-electron chi connectivity index (χ3n) is 3.48. The van der Waals surface area contributed by atoms with Crippen molar-refractivity contribution in [3.8, 4) is 11.1 Å². The number of rotatable bonds is 2. The van der Waals surface area contributed by atoms with Crippen molar-refractivity contribution in [2.75, 3.05) is 19.0 Å². The first-order valence-corrected chi connectivity index (χ1v) is 6.51. The zero-order valence-corrected chi connectivity index (χ0v) is 11.3.